The number of carbonyl (C=O) groups excluding carboxylic acids is 1. The van der Waals surface area contributed by atoms with Crippen LogP contribution >= 0.6 is 0 Å². The molecule has 1 aliphatic rings. The first-order valence-corrected chi connectivity index (χ1v) is 5.33. The van der Waals surface area contributed by atoms with E-state index in [1.165, 1.54) is 0 Å². The Hall–Kier alpha value is -1.63. The number of ether oxygens (including phenoxy) is 1. The highest BCUT2D eigenvalue weighted by Gasteiger charge is 2.28. The topological polar surface area (TPSA) is 113 Å². The number of nitrogens with one attached hydrogen (secondary N) is 1. The Morgan fingerprint density at radius 3 is 2.53 bits per heavy atom. The zero-order valence-electron chi connectivity index (χ0n) is 9.22. The fourth-order valence-corrected chi connectivity index (χ4v) is 1.61. The summed E-state index contributed by atoms with van der Waals surface area (Å²) >= 11 is 0. The predicted octanol–water partition coefficient (Wildman–Crippen LogP) is -0.543. The maximum absolute atomic E-state index is 11.6. The van der Waals surface area contributed by atoms with Crippen molar-refractivity contribution in [2.75, 3.05) is 13.2 Å². The molecule has 0 bridgehead atoms. The van der Waals surface area contributed by atoms with E-state index in [4.69, 9.17) is 14.9 Å². The molecule has 17 heavy (non-hydrogen) atoms. The lowest BCUT2D eigenvalue weighted by atomic mass is 10.0. The van der Waals surface area contributed by atoms with Gasteiger partial charge in [-0.25, -0.2) is 4.79 Å². The van der Waals surface area contributed by atoms with Crippen LogP contribution in [0.2, 0.25) is 0 Å². The number of aliphatic carboxylic acids is 2. The number of rotatable bonds is 5. The SMILES string of the molecule is O=C(O)C[C@H](NC(=O)C1CCCOC1)C(=O)O. The minimum Gasteiger partial charge on any atom is -0.481 e. The average Bonchev–Trinajstić information content (AvgIpc) is 2.28. The zero-order chi connectivity index (χ0) is 12.8. The van der Waals surface area contributed by atoms with Gasteiger partial charge in [-0.2, -0.15) is 0 Å². The molecule has 0 radical (unpaired) electrons. The summed E-state index contributed by atoms with van der Waals surface area (Å²) in [6.45, 7) is 0.854. The molecule has 7 nitrogen and oxygen atoms in total. The summed E-state index contributed by atoms with van der Waals surface area (Å²) in [5.41, 5.74) is 0. The molecule has 0 aromatic rings. The number of carbonyl (C=O) groups is 3. The number of hydrogen-bond donors (Lipinski definition) is 3. The lowest BCUT2D eigenvalue weighted by Gasteiger charge is -2.22. The Labute approximate surface area is 97.8 Å². The van der Waals surface area contributed by atoms with E-state index >= 15 is 0 Å². The molecule has 1 amide bonds. The summed E-state index contributed by atoms with van der Waals surface area (Å²) in [6, 6.07) is -1.39. The molecule has 0 spiro atoms. The molecule has 0 saturated carbocycles. The van der Waals surface area contributed by atoms with Gasteiger partial charge in [0.05, 0.1) is 18.9 Å². The van der Waals surface area contributed by atoms with Crippen molar-refractivity contribution in [3.8, 4) is 0 Å². The van der Waals surface area contributed by atoms with Gasteiger partial charge in [-0.3, -0.25) is 9.59 Å². The molecule has 1 aliphatic heterocycles. The van der Waals surface area contributed by atoms with E-state index in [1.807, 2.05) is 0 Å². The van der Waals surface area contributed by atoms with Crippen LogP contribution in [0.25, 0.3) is 0 Å². The number of carboxylic acid groups (broad SMARTS) is 2. The van der Waals surface area contributed by atoms with Gasteiger partial charge in [0.25, 0.3) is 0 Å². The van der Waals surface area contributed by atoms with E-state index < -0.39 is 30.3 Å². The third-order valence-electron chi connectivity index (χ3n) is 2.52. The highest BCUT2D eigenvalue weighted by atomic mass is 16.5. The first-order chi connectivity index (χ1) is 8.00. The molecular weight excluding hydrogens is 230 g/mol. The van der Waals surface area contributed by atoms with Crippen molar-refractivity contribution in [3.05, 3.63) is 0 Å². The first-order valence-electron chi connectivity index (χ1n) is 5.33. The highest BCUT2D eigenvalue weighted by molar-refractivity contribution is 5.87. The smallest absolute Gasteiger partial charge is 0.326 e. The summed E-state index contributed by atoms with van der Waals surface area (Å²) in [6.07, 6.45) is 0.745. The molecule has 1 fully saturated rings. The fraction of sp³-hybridized carbons (Fsp3) is 0.700. The van der Waals surface area contributed by atoms with Gasteiger partial charge in [-0.1, -0.05) is 0 Å². The largest absolute Gasteiger partial charge is 0.481 e. The Kier molecular flexibility index (Phi) is 4.89. The standard InChI is InChI=1S/C10H15NO6/c12-8(13)4-7(10(15)16)11-9(14)6-2-1-3-17-5-6/h6-7H,1-5H2,(H,11,14)(H,12,13)(H,15,16)/t6?,7-/m0/s1. The quantitative estimate of drug-likeness (QED) is 0.599. The Morgan fingerprint density at radius 2 is 2.06 bits per heavy atom. The maximum atomic E-state index is 11.6. The van der Waals surface area contributed by atoms with Crippen LogP contribution in [-0.4, -0.2) is 47.3 Å². The van der Waals surface area contributed by atoms with Gasteiger partial charge in [0, 0.05) is 6.61 Å². The fourth-order valence-electron chi connectivity index (χ4n) is 1.61. The lowest BCUT2D eigenvalue weighted by Crippen LogP contribution is -2.46. The normalized spacial score (nSPS) is 21.5. The molecule has 2 atom stereocenters. The van der Waals surface area contributed by atoms with Gasteiger partial charge < -0.3 is 20.3 Å². The van der Waals surface area contributed by atoms with Crippen LogP contribution in [0.15, 0.2) is 0 Å². The summed E-state index contributed by atoms with van der Waals surface area (Å²) in [4.78, 5) is 32.8. The molecular formula is C10H15NO6. The van der Waals surface area contributed by atoms with E-state index in [-0.39, 0.29) is 12.5 Å². The second-order valence-corrected chi connectivity index (χ2v) is 3.91. The van der Waals surface area contributed by atoms with Crippen LogP contribution in [-0.2, 0) is 19.1 Å². The van der Waals surface area contributed by atoms with Gasteiger partial charge in [0.2, 0.25) is 5.91 Å². The van der Waals surface area contributed by atoms with Crippen molar-refractivity contribution in [1.82, 2.24) is 5.32 Å². The third-order valence-corrected chi connectivity index (χ3v) is 2.52. The Balaban J connectivity index is 2.50. The molecule has 1 heterocycles. The molecule has 0 aromatic heterocycles. The molecule has 3 N–H and O–H groups in total. The summed E-state index contributed by atoms with van der Waals surface area (Å²) in [7, 11) is 0. The molecule has 7 heteroatoms. The lowest BCUT2D eigenvalue weighted by molar-refractivity contribution is -0.148. The van der Waals surface area contributed by atoms with Crippen molar-refractivity contribution < 1.29 is 29.3 Å². The molecule has 96 valence electrons. The van der Waals surface area contributed by atoms with Gasteiger partial charge in [-0.05, 0) is 12.8 Å². The van der Waals surface area contributed by atoms with Gasteiger partial charge in [-0.15, -0.1) is 0 Å². The number of amides is 1. The average molecular weight is 245 g/mol. The van der Waals surface area contributed by atoms with E-state index in [2.05, 4.69) is 5.32 Å². The summed E-state index contributed by atoms with van der Waals surface area (Å²) < 4.78 is 5.10. The predicted molar refractivity (Wildman–Crippen MR) is 55.4 cm³/mol. The first kappa shape index (κ1) is 13.4. The van der Waals surface area contributed by atoms with Gasteiger partial charge in [0.1, 0.15) is 6.04 Å². The van der Waals surface area contributed by atoms with Crippen molar-refractivity contribution in [2.24, 2.45) is 5.92 Å². The van der Waals surface area contributed by atoms with Crippen LogP contribution < -0.4 is 5.32 Å². The van der Waals surface area contributed by atoms with E-state index in [9.17, 15) is 14.4 Å². The molecule has 0 aromatic carbocycles. The summed E-state index contributed by atoms with van der Waals surface area (Å²) in [5.74, 6) is -3.46. The Bertz CT molecular complexity index is 310. The second-order valence-electron chi connectivity index (χ2n) is 3.91. The highest BCUT2D eigenvalue weighted by Crippen LogP contribution is 2.13. The minimum atomic E-state index is -1.39. The van der Waals surface area contributed by atoms with E-state index in [1.54, 1.807) is 0 Å². The van der Waals surface area contributed by atoms with Gasteiger partial charge in [0.15, 0.2) is 0 Å². The number of carboxylic acids is 2. The summed E-state index contributed by atoms with van der Waals surface area (Å²) in [5, 5.41) is 19.5. The molecule has 1 rings (SSSR count). The van der Waals surface area contributed by atoms with Crippen LogP contribution in [0.4, 0.5) is 0 Å². The van der Waals surface area contributed by atoms with Crippen molar-refractivity contribution in [2.45, 2.75) is 25.3 Å². The maximum Gasteiger partial charge on any atom is 0.326 e. The molecule has 0 aliphatic carbocycles. The third kappa shape index (κ3) is 4.39. The van der Waals surface area contributed by atoms with E-state index in [0.29, 0.717) is 13.0 Å². The zero-order valence-corrected chi connectivity index (χ0v) is 9.22. The monoisotopic (exact) mass is 245 g/mol. The van der Waals surface area contributed by atoms with Crippen LogP contribution in [0.1, 0.15) is 19.3 Å². The van der Waals surface area contributed by atoms with Crippen LogP contribution in [0.5, 0.6) is 0 Å². The van der Waals surface area contributed by atoms with Gasteiger partial charge >= 0.3 is 11.9 Å². The van der Waals surface area contributed by atoms with Crippen molar-refractivity contribution >= 4 is 17.8 Å². The van der Waals surface area contributed by atoms with Crippen LogP contribution in [0, 0.1) is 5.92 Å². The van der Waals surface area contributed by atoms with E-state index in [0.717, 1.165) is 6.42 Å². The Morgan fingerprint density at radius 1 is 1.35 bits per heavy atom. The number of hydrogen-bond acceptors (Lipinski definition) is 4. The van der Waals surface area contributed by atoms with Crippen molar-refractivity contribution in [1.29, 1.82) is 0 Å². The van der Waals surface area contributed by atoms with Crippen molar-refractivity contribution in [3.63, 3.8) is 0 Å². The molecule has 1 unspecified atom stereocenters. The molecule has 1 saturated heterocycles. The minimum absolute atomic E-state index is 0.255. The van der Waals surface area contributed by atoms with Crippen LogP contribution in [0.3, 0.4) is 0 Å². The second kappa shape index (κ2) is 6.19.